The number of carbonyl (C=O) groups is 1. The van der Waals surface area contributed by atoms with Crippen molar-refractivity contribution in [3.8, 4) is 11.5 Å². The van der Waals surface area contributed by atoms with Gasteiger partial charge < -0.3 is 9.15 Å². The fourth-order valence-electron chi connectivity index (χ4n) is 1.42. The van der Waals surface area contributed by atoms with Gasteiger partial charge in [-0.3, -0.25) is 0 Å². The van der Waals surface area contributed by atoms with Crippen molar-refractivity contribution in [1.29, 1.82) is 0 Å². The molecule has 0 aliphatic heterocycles. The fraction of sp³-hybridized carbons (Fsp3) is 0.250. The second-order valence-electron chi connectivity index (χ2n) is 3.45. The molecule has 0 atom stereocenters. The van der Waals surface area contributed by atoms with E-state index in [4.69, 9.17) is 9.15 Å². The summed E-state index contributed by atoms with van der Waals surface area (Å²) in [5, 5.41) is 7.49. The molecule has 0 bridgehead atoms. The zero-order valence-electron chi connectivity index (χ0n) is 9.64. The Morgan fingerprint density at radius 3 is 2.82 bits per heavy atom. The molecule has 2 aromatic rings. The number of nitrogens with zero attached hydrogens (tertiary/aromatic N) is 2. The van der Waals surface area contributed by atoms with Crippen LogP contribution < -0.4 is 0 Å². The molecular formula is C12H12N2O3. The monoisotopic (exact) mass is 232 g/mol. The molecule has 1 aromatic carbocycles. The molecule has 0 N–H and O–H groups in total. The van der Waals surface area contributed by atoms with Crippen LogP contribution in [-0.4, -0.2) is 22.8 Å². The number of ether oxygens (including phenoxy) is 1. The number of hydrogen-bond acceptors (Lipinski definition) is 5. The highest BCUT2D eigenvalue weighted by atomic mass is 16.5. The van der Waals surface area contributed by atoms with Gasteiger partial charge in [0.05, 0.1) is 6.61 Å². The largest absolute Gasteiger partial charge is 0.459 e. The summed E-state index contributed by atoms with van der Waals surface area (Å²) in [5.41, 5.74) is 1.82. The average Bonchev–Trinajstić information content (AvgIpc) is 2.79. The molecule has 0 aliphatic carbocycles. The Morgan fingerprint density at radius 1 is 1.35 bits per heavy atom. The smallest absolute Gasteiger partial charge is 0.396 e. The molecule has 0 saturated carbocycles. The van der Waals surface area contributed by atoms with Crippen molar-refractivity contribution in [3.63, 3.8) is 0 Å². The molecule has 0 fully saturated rings. The van der Waals surface area contributed by atoms with E-state index in [-0.39, 0.29) is 12.5 Å². The van der Waals surface area contributed by atoms with Gasteiger partial charge in [0.15, 0.2) is 0 Å². The van der Waals surface area contributed by atoms with E-state index in [2.05, 4.69) is 10.2 Å². The Kier molecular flexibility index (Phi) is 3.18. The molecule has 0 amide bonds. The number of benzene rings is 1. The zero-order valence-corrected chi connectivity index (χ0v) is 9.64. The molecule has 1 heterocycles. The fourth-order valence-corrected chi connectivity index (χ4v) is 1.42. The normalized spacial score (nSPS) is 10.2. The molecule has 0 aliphatic rings. The van der Waals surface area contributed by atoms with E-state index in [0.717, 1.165) is 11.1 Å². The van der Waals surface area contributed by atoms with Crippen LogP contribution in [0.2, 0.25) is 0 Å². The third-order valence-electron chi connectivity index (χ3n) is 2.25. The highest BCUT2D eigenvalue weighted by molar-refractivity contribution is 5.84. The summed E-state index contributed by atoms with van der Waals surface area (Å²) in [6.07, 6.45) is 0. The average molecular weight is 232 g/mol. The van der Waals surface area contributed by atoms with E-state index in [1.807, 2.05) is 31.2 Å². The maximum absolute atomic E-state index is 11.4. The lowest BCUT2D eigenvalue weighted by atomic mass is 10.1. The first-order valence-corrected chi connectivity index (χ1v) is 5.29. The first kappa shape index (κ1) is 11.3. The number of aromatic nitrogens is 2. The van der Waals surface area contributed by atoms with Gasteiger partial charge in [0.2, 0.25) is 5.89 Å². The van der Waals surface area contributed by atoms with Gasteiger partial charge in [-0.1, -0.05) is 18.2 Å². The number of carbonyl (C=O) groups excluding carboxylic acids is 1. The highest BCUT2D eigenvalue weighted by Crippen LogP contribution is 2.21. The van der Waals surface area contributed by atoms with E-state index >= 15 is 0 Å². The molecule has 88 valence electrons. The molecule has 0 unspecified atom stereocenters. The van der Waals surface area contributed by atoms with Crippen LogP contribution in [0.5, 0.6) is 0 Å². The summed E-state index contributed by atoms with van der Waals surface area (Å²) in [6, 6.07) is 7.58. The van der Waals surface area contributed by atoms with Crippen molar-refractivity contribution in [2.45, 2.75) is 13.8 Å². The summed E-state index contributed by atoms with van der Waals surface area (Å²) in [5.74, 6) is -0.393. The molecule has 0 radical (unpaired) electrons. The summed E-state index contributed by atoms with van der Waals surface area (Å²) in [7, 11) is 0. The van der Waals surface area contributed by atoms with E-state index in [0.29, 0.717) is 5.89 Å². The summed E-state index contributed by atoms with van der Waals surface area (Å²) in [6.45, 7) is 3.93. The molecule has 1 aromatic heterocycles. The minimum Gasteiger partial charge on any atom is -0.459 e. The lowest BCUT2D eigenvalue weighted by Crippen LogP contribution is -2.04. The minimum absolute atomic E-state index is 0.120. The van der Waals surface area contributed by atoms with Crippen LogP contribution >= 0.6 is 0 Å². The Bertz CT molecular complexity index is 534. The van der Waals surface area contributed by atoms with Crippen LogP contribution in [-0.2, 0) is 4.74 Å². The van der Waals surface area contributed by atoms with Crippen molar-refractivity contribution in [2.24, 2.45) is 0 Å². The van der Waals surface area contributed by atoms with Crippen LogP contribution in [0.4, 0.5) is 0 Å². The first-order chi connectivity index (χ1) is 8.22. The third-order valence-corrected chi connectivity index (χ3v) is 2.25. The van der Waals surface area contributed by atoms with Crippen molar-refractivity contribution < 1.29 is 13.9 Å². The van der Waals surface area contributed by atoms with Crippen molar-refractivity contribution in [1.82, 2.24) is 10.2 Å². The minimum atomic E-state index is -0.597. The van der Waals surface area contributed by atoms with Crippen LogP contribution in [0.1, 0.15) is 23.2 Å². The lowest BCUT2D eigenvalue weighted by Gasteiger charge is -1.98. The number of aryl methyl sites for hydroxylation is 1. The third kappa shape index (κ3) is 2.33. The Morgan fingerprint density at radius 2 is 2.12 bits per heavy atom. The SMILES string of the molecule is CCOC(=O)c1nnc(-c2ccccc2C)o1. The Balaban J connectivity index is 2.30. The molecule has 0 spiro atoms. The van der Waals surface area contributed by atoms with Gasteiger partial charge in [-0.05, 0) is 25.5 Å². The maximum Gasteiger partial charge on any atom is 0.396 e. The predicted molar refractivity (Wildman–Crippen MR) is 60.4 cm³/mol. The van der Waals surface area contributed by atoms with Gasteiger partial charge in [-0.15, -0.1) is 10.2 Å². The predicted octanol–water partition coefficient (Wildman–Crippen LogP) is 2.22. The molecular weight excluding hydrogens is 220 g/mol. The van der Waals surface area contributed by atoms with Crippen LogP contribution in [0.25, 0.3) is 11.5 Å². The van der Waals surface area contributed by atoms with Gasteiger partial charge in [-0.2, -0.15) is 0 Å². The van der Waals surface area contributed by atoms with Gasteiger partial charge in [0.25, 0.3) is 0 Å². The molecule has 5 heteroatoms. The van der Waals surface area contributed by atoms with E-state index in [1.165, 1.54) is 0 Å². The maximum atomic E-state index is 11.4. The Labute approximate surface area is 98.4 Å². The van der Waals surface area contributed by atoms with Gasteiger partial charge in [-0.25, -0.2) is 4.79 Å². The summed E-state index contributed by atoms with van der Waals surface area (Å²) < 4.78 is 10.0. The highest BCUT2D eigenvalue weighted by Gasteiger charge is 2.17. The molecule has 2 rings (SSSR count). The van der Waals surface area contributed by atoms with Crippen LogP contribution in [0, 0.1) is 6.92 Å². The number of esters is 1. The number of rotatable bonds is 3. The van der Waals surface area contributed by atoms with Crippen LogP contribution in [0.15, 0.2) is 28.7 Å². The quantitative estimate of drug-likeness (QED) is 0.759. The van der Waals surface area contributed by atoms with Crippen LogP contribution in [0.3, 0.4) is 0 Å². The standard InChI is InChI=1S/C12H12N2O3/c1-3-16-12(15)11-14-13-10(17-11)9-7-5-4-6-8(9)2/h4-7H,3H2,1-2H3. The van der Waals surface area contributed by atoms with Gasteiger partial charge in [0.1, 0.15) is 0 Å². The molecule has 17 heavy (non-hydrogen) atoms. The van der Waals surface area contributed by atoms with Crippen molar-refractivity contribution in [3.05, 3.63) is 35.7 Å². The van der Waals surface area contributed by atoms with E-state index < -0.39 is 5.97 Å². The molecule has 0 saturated heterocycles. The van der Waals surface area contributed by atoms with Crippen molar-refractivity contribution in [2.75, 3.05) is 6.61 Å². The second-order valence-corrected chi connectivity index (χ2v) is 3.45. The second kappa shape index (κ2) is 4.78. The topological polar surface area (TPSA) is 65.2 Å². The first-order valence-electron chi connectivity index (χ1n) is 5.29. The number of hydrogen-bond donors (Lipinski definition) is 0. The van der Waals surface area contributed by atoms with Gasteiger partial charge in [0, 0.05) is 5.56 Å². The van der Waals surface area contributed by atoms with Gasteiger partial charge >= 0.3 is 11.9 Å². The summed E-state index contributed by atoms with van der Waals surface area (Å²) >= 11 is 0. The zero-order chi connectivity index (χ0) is 12.3. The van der Waals surface area contributed by atoms with Crippen molar-refractivity contribution >= 4 is 5.97 Å². The molecule has 5 nitrogen and oxygen atoms in total. The van der Waals surface area contributed by atoms with E-state index in [9.17, 15) is 4.79 Å². The Hall–Kier alpha value is -2.17. The van der Waals surface area contributed by atoms with E-state index in [1.54, 1.807) is 6.92 Å². The summed E-state index contributed by atoms with van der Waals surface area (Å²) in [4.78, 5) is 11.4. The lowest BCUT2D eigenvalue weighted by molar-refractivity contribution is 0.0481.